The third-order valence-corrected chi connectivity index (χ3v) is 10.1. The minimum Gasteiger partial charge on any atom is -0.465 e. The zero-order valence-corrected chi connectivity index (χ0v) is 33.8. The van der Waals surface area contributed by atoms with Gasteiger partial charge < -0.3 is 35.7 Å². The van der Waals surface area contributed by atoms with Crippen LogP contribution in [0.1, 0.15) is 139 Å². The molecule has 3 aliphatic carbocycles. The van der Waals surface area contributed by atoms with Crippen LogP contribution in [0.4, 0.5) is 4.79 Å². The standard InChI is InChI=1S/C19H23N3O4.2C11H17N3O2.3CH4/c1-2-25-18(23)12-22-17-10-6-9-16(15(17)11-20-22)21-19(24)26-13-14-7-4-3-5-8-14;2*1-2-16-11(15)7-14-10-5-3-4-9(12)8(10)6-13-14;;;/h3-5,7-8,11,16H,2,6,9-10,12-13H2,1H3,(H,21,24);2*6,9H,2-5,7,12H2,1H3;3*1H4/t16-;2*9-;;;/m010.../s1. The molecule has 1 amide bonds. The van der Waals surface area contributed by atoms with Crippen molar-refractivity contribution < 1.29 is 38.1 Å². The Labute approximate surface area is 360 Å². The van der Waals surface area contributed by atoms with Gasteiger partial charge in [-0.15, -0.1) is 0 Å². The second kappa shape index (κ2) is 25.9. The summed E-state index contributed by atoms with van der Waals surface area (Å²) in [7, 11) is 0. The van der Waals surface area contributed by atoms with Gasteiger partial charge in [-0.25, -0.2) is 4.79 Å². The molecule has 3 aromatic heterocycles. The molecule has 17 heteroatoms. The molecule has 0 bridgehead atoms. The smallest absolute Gasteiger partial charge is 0.407 e. The number of nitrogens with two attached hydrogens (primary N) is 2. The van der Waals surface area contributed by atoms with Crippen molar-refractivity contribution in [2.24, 2.45) is 11.5 Å². The Morgan fingerprint density at radius 1 is 0.607 bits per heavy atom. The molecule has 0 aliphatic heterocycles. The number of hydrogen-bond acceptors (Lipinski definition) is 13. The Morgan fingerprint density at radius 2 is 1.00 bits per heavy atom. The number of nitrogens with zero attached hydrogens (tertiary/aromatic N) is 6. The maximum absolute atomic E-state index is 12.1. The Hall–Kier alpha value is -5.55. The van der Waals surface area contributed by atoms with E-state index in [1.807, 2.05) is 30.3 Å². The quantitative estimate of drug-likeness (QED) is 0.106. The van der Waals surface area contributed by atoms with Crippen LogP contribution in [0.15, 0.2) is 48.9 Å². The van der Waals surface area contributed by atoms with Gasteiger partial charge in [-0.3, -0.25) is 28.4 Å². The maximum Gasteiger partial charge on any atom is 0.407 e. The molecule has 0 saturated carbocycles. The Morgan fingerprint density at radius 3 is 1.43 bits per heavy atom. The van der Waals surface area contributed by atoms with Gasteiger partial charge in [0, 0.05) is 45.9 Å². The first-order valence-corrected chi connectivity index (χ1v) is 20.2. The van der Waals surface area contributed by atoms with E-state index in [0.717, 1.165) is 97.1 Å². The van der Waals surface area contributed by atoms with Crippen LogP contribution in [0.2, 0.25) is 0 Å². The molecule has 17 nitrogen and oxygen atoms in total. The van der Waals surface area contributed by atoms with E-state index in [1.54, 1.807) is 53.4 Å². The van der Waals surface area contributed by atoms with E-state index in [-0.39, 0.29) is 84.6 Å². The van der Waals surface area contributed by atoms with Gasteiger partial charge in [0.05, 0.1) is 44.5 Å². The number of fused-ring (bicyclic) bond motifs is 3. The Bertz CT molecular complexity index is 1880. The molecule has 61 heavy (non-hydrogen) atoms. The molecule has 7 rings (SSSR count). The van der Waals surface area contributed by atoms with Crippen LogP contribution in [-0.2, 0) is 78.8 Å². The lowest BCUT2D eigenvalue weighted by Gasteiger charge is -2.23. The fraction of sp³-hybridized carbons (Fsp3) is 0.568. The summed E-state index contributed by atoms with van der Waals surface area (Å²) in [5.74, 6) is -0.796. The molecular formula is C44H69N9O8. The summed E-state index contributed by atoms with van der Waals surface area (Å²) in [6.45, 7) is 7.23. The summed E-state index contributed by atoms with van der Waals surface area (Å²) in [6, 6.07) is 9.53. The van der Waals surface area contributed by atoms with Gasteiger partial charge in [-0.05, 0) is 84.1 Å². The molecule has 0 saturated heterocycles. The van der Waals surface area contributed by atoms with Crippen LogP contribution >= 0.6 is 0 Å². The predicted octanol–water partition coefficient (Wildman–Crippen LogP) is 6.22. The van der Waals surface area contributed by atoms with Crippen LogP contribution in [-0.4, -0.2) is 73.2 Å². The Balaban J connectivity index is 0.000000321. The molecule has 0 unspecified atom stereocenters. The first-order valence-electron chi connectivity index (χ1n) is 20.2. The van der Waals surface area contributed by atoms with E-state index >= 15 is 0 Å². The third kappa shape index (κ3) is 14.6. The molecule has 3 aliphatic rings. The van der Waals surface area contributed by atoms with Crippen molar-refractivity contribution in [2.75, 3.05) is 19.8 Å². The number of carbonyl (C=O) groups is 4. The topological polar surface area (TPSA) is 223 Å². The lowest BCUT2D eigenvalue weighted by atomic mass is 9.93. The number of aromatic nitrogens is 6. The van der Waals surface area contributed by atoms with Gasteiger partial charge >= 0.3 is 24.0 Å². The minimum absolute atomic E-state index is 0. The van der Waals surface area contributed by atoms with Crippen LogP contribution in [0.25, 0.3) is 0 Å². The highest BCUT2D eigenvalue weighted by Gasteiger charge is 2.27. The largest absolute Gasteiger partial charge is 0.465 e. The molecule has 338 valence electrons. The predicted molar refractivity (Wildman–Crippen MR) is 232 cm³/mol. The molecule has 1 aromatic carbocycles. The van der Waals surface area contributed by atoms with Crippen LogP contribution in [0.5, 0.6) is 0 Å². The summed E-state index contributed by atoms with van der Waals surface area (Å²) in [5.41, 5.74) is 19.1. The highest BCUT2D eigenvalue weighted by atomic mass is 16.6. The van der Waals surface area contributed by atoms with Crippen LogP contribution in [0.3, 0.4) is 0 Å². The summed E-state index contributed by atoms with van der Waals surface area (Å²) in [4.78, 5) is 46.6. The second-order valence-corrected chi connectivity index (χ2v) is 14.2. The molecule has 0 radical (unpaired) electrons. The van der Waals surface area contributed by atoms with Crippen molar-refractivity contribution in [2.45, 2.75) is 145 Å². The minimum atomic E-state index is -0.454. The van der Waals surface area contributed by atoms with Crippen molar-refractivity contribution >= 4 is 24.0 Å². The molecule has 0 spiro atoms. The number of carbonyl (C=O) groups excluding carboxylic acids is 4. The van der Waals surface area contributed by atoms with Crippen molar-refractivity contribution in [3.05, 3.63) is 88.3 Å². The van der Waals surface area contributed by atoms with Gasteiger partial charge in [-0.1, -0.05) is 52.6 Å². The van der Waals surface area contributed by atoms with Crippen molar-refractivity contribution in [3.63, 3.8) is 0 Å². The highest BCUT2D eigenvalue weighted by molar-refractivity contribution is 5.70. The van der Waals surface area contributed by atoms with Gasteiger partial charge in [0.2, 0.25) is 0 Å². The van der Waals surface area contributed by atoms with Gasteiger partial charge in [0.15, 0.2) is 0 Å². The first-order chi connectivity index (χ1) is 28.1. The molecular weight excluding hydrogens is 783 g/mol. The molecule has 3 heterocycles. The van der Waals surface area contributed by atoms with E-state index in [1.165, 1.54) is 0 Å². The summed E-state index contributed by atoms with van der Waals surface area (Å²) in [6.07, 6.45) is 13.4. The number of ether oxygens (including phenoxy) is 4. The molecule has 5 N–H and O–H groups in total. The fourth-order valence-electron chi connectivity index (χ4n) is 7.38. The van der Waals surface area contributed by atoms with Gasteiger partial charge in [-0.2, -0.15) is 15.3 Å². The SMILES string of the molecule is C.C.C.CCOC(=O)Cn1ncc2c1CCC[C@@H]2N.CCOC(=O)Cn1ncc2c1CCC[C@@H]2NC(=O)OCc1ccccc1.CCOC(=O)Cn1ncc2c1CCC[C@H]2N. The number of nitrogens with one attached hydrogen (secondary N) is 1. The van der Waals surface area contributed by atoms with E-state index < -0.39 is 6.09 Å². The number of hydrogen-bond donors (Lipinski definition) is 3. The van der Waals surface area contributed by atoms with Crippen molar-refractivity contribution in [3.8, 4) is 0 Å². The second-order valence-electron chi connectivity index (χ2n) is 14.2. The highest BCUT2D eigenvalue weighted by Crippen LogP contribution is 2.30. The average molecular weight is 852 g/mol. The normalized spacial score (nSPS) is 16.8. The molecule has 0 fully saturated rings. The van der Waals surface area contributed by atoms with Crippen LogP contribution < -0.4 is 16.8 Å². The molecule has 4 aromatic rings. The number of alkyl carbamates (subject to hydrolysis) is 1. The zero-order chi connectivity index (χ0) is 41.4. The number of esters is 3. The van der Waals surface area contributed by atoms with E-state index in [2.05, 4.69) is 20.6 Å². The van der Waals surface area contributed by atoms with Gasteiger partial charge in [0.1, 0.15) is 26.2 Å². The van der Waals surface area contributed by atoms with E-state index in [9.17, 15) is 19.2 Å². The Kier molecular flexibility index (Phi) is 21.9. The van der Waals surface area contributed by atoms with Crippen LogP contribution in [0, 0.1) is 0 Å². The summed E-state index contributed by atoms with van der Waals surface area (Å²) in [5, 5.41) is 15.6. The third-order valence-electron chi connectivity index (χ3n) is 10.1. The number of benzene rings is 1. The lowest BCUT2D eigenvalue weighted by molar-refractivity contribution is -0.145. The molecule has 3 atom stereocenters. The monoisotopic (exact) mass is 852 g/mol. The first kappa shape index (κ1) is 51.6. The summed E-state index contributed by atoms with van der Waals surface area (Å²) < 4.78 is 25.2. The lowest BCUT2D eigenvalue weighted by Crippen LogP contribution is -2.31. The van der Waals surface area contributed by atoms with E-state index in [4.69, 9.17) is 30.4 Å². The fourth-order valence-corrected chi connectivity index (χ4v) is 7.38. The summed E-state index contributed by atoms with van der Waals surface area (Å²) >= 11 is 0. The zero-order valence-electron chi connectivity index (χ0n) is 33.8. The van der Waals surface area contributed by atoms with Gasteiger partial charge in [0.25, 0.3) is 0 Å². The van der Waals surface area contributed by atoms with Crippen molar-refractivity contribution in [1.82, 2.24) is 34.7 Å². The van der Waals surface area contributed by atoms with Crippen molar-refractivity contribution in [1.29, 1.82) is 0 Å². The maximum atomic E-state index is 12.1. The number of rotatable bonds is 12. The average Bonchev–Trinajstić information content (AvgIpc) is 3.94. The number of amides is 1. The van der Waals surface area contributed by atoms with E-state index in [0.29, 0.717) is 19.8 Å².